The van der Waals surface area contributed by atoms with E-state index in [1.54, 1.807) is 0 Å². The van der Waals surface area contributed by atoms with E-state index in [0.717, 1.165) is 13.3 Å². The second-order valence-electron chi connectivity index (χ2n) is 2.79. The third-order valence-electron chi connectivity index (χ3n) is 1.94. The fourth-order valence-corrected chi connectivity index (χ4v) is 1.17. The molecule has 0 unspecified atom stereocenters. The lowest BCUT2D eigenvalue weighted by Crippen LogP contribution is -2.11. The fraction of sp³-hybridized carbons (Fsp3) is 0.333. The Labute approximate surface area is 90.2 Å². The van der Waals surface area contributed by atoms with Crippen LogP contribution in [-0.4, -0.2) is 25.2 Å². The van der Waals surface area contributed by atoms with Crippen LogP contribution in [-0.2, 0) is 4.74 Å². The molecule has 0 amide bonds. The van der Waals surface area contributed by atoms with Gasteiger partial charge in [-0.3, -0.25) is 0 Å². The molecule has 1 heterocycles. The monoisotopic (exact) mass is 232 g/mol. The highest BCUT2D eigenvalue weighted by molar-refractivity contribution is 5.94. The lowest BCUT2D eigenvalue weighted by atomic mass is 10.1. The predicted octanol–water partition coefficient (Wildman–Crippen LogP) is 1.40. The van der Waals surface area contributed by atoms with E-state index in [2.05, 4.69) is 14.5 Å². The molecule has 0 aliphatic heterocycles. The molecular formula is C9H10F2N2O3. The van der Waals surface area contributed by atoms with E-state index in [0.29, 0.717) is 0 Å². The Morgan fingerprint density at radius 2 is 2.12 bits per heavy atom. The molecule has 7 heteroatoms. The lowest BCUT2D eigenvalue weighted by Gasteiger charge is -2.12. The van der Waals surface area contributed by atoms with Crippen molar-refractivity contribution in [2.24, 2.45) is 0 Å². The van der Waals surface area contributed by atoms with Gasteiger partial charge < -0.3 is 15.2 Å². The van der Waals surface area contributed by atoms with Crippen molar-refractivity contribution < 1.29 is 23.0 Å². The molecule has 1 aromatic rings. The Balaban J connectivity index is 3.37. The number of anilines is 1. The summed E-state index contributed by atoms with van der Waals surface area (Å²) in [6.07, 6.45) is -1.86. The number of esters is 1. The number of alkyl halides is 2. The number of halogens is 2. The van der Waals surface area contributed by atoms with Crippen LogP contribution in [0.15, 0.2) is 6.20 Å². The number of rotatable bonds is 3. The van der Waals surface area contributed by atoms with E-state index in [4.69, 9.17) is 5.73 Å². The number of methoxy groups -OCH3 is 2. The first-order valence-electron chi connectivity index (χ1n) is 4.21. The third kappa shape index (κ3) is 2.02. The van der Waals surface area contributed by atoms with Crippen molar-refractivity contribution >= 4 is 11.7 Å². The van der Waals surface area contributed by atoms with E-state index in [-0.39, 0.29) is 11.4 Å². The summed E-state index contributed by atoms with van der Waals surface area (Å²) >= 11 is 0. The molecule has 0 aliphatic rings. The summed E-state index contributed by atoms with van der Waals surface area (Å²) in [6, 6.07) is 0. The normalized spacial score (nSPS) is 10.3. The number of carbonyl (C=O) groups excluding carboxylic acids is 1. The van der Waals surface area contributed by atoms with Gasteiger partial charge in [-0.25, -0.2) is 18.6 Å². The summed E-state index contributed by atoms with van der Waals surface area (Å²) in [6.45, 7) is 0. The number of ether oxygens (including phenoxy) is 2. The number of hydrogen-bond donors (Lipinski definition) is 1. The molecule has 0 aliphatic carbocycles. The van der Waals surface area contributed by atoms with Gasteiger partial charge in [0.2, 0.25) is 0 Å². The molecule has 0 spiro atoms. The van der Waals surface area contributed by atoms with Gasteiger partial charge >= 0.3 is 5.97 Å². The lowest BCUT2D eigenvalue weighted by molar-refractivity contribution is 0.0595. The molecule has 88 valence electrons. The van der Waals surface area contributed by atoms with Gasteiger partial charge in [0.1, 0.15) is 5.75 Å². The SMILES string of the molecule is COC(=O)c1ncc(OC)c(C(F)F)c1N. The summed E-state index contributed by atoms with van der Waals surface area (Å²) in [5, 5.41) is 0. The first-order chi connectivity index (χ1) is 7.52. The minimum Gasteiger partial charge on any atom is -0.495 e. The number of nitrogens with zero attached hydrogens (tertiary/aromatic N) is 1. The Bertz CT molecular complexity index is 410. The van der Waals surface area contributed by atoms with Crippen LogP contribution >= 0.6 is 0 Å². The van der Waals surface area contributed by atoms with Gasteiger partial charge in [-0.2, -0.15) is 0 Å². The second kappa shape index (κ2) is 4.73. The first kappa shape index (κ1) is 12.2. The van der Waals surface area contributed by atoms with Gasteiger partial charge in [0.25, 0.3) is 6.43 Å². The van der Waals surface area contributed by atoms with E-state index >= 15 is 0 Å². The Hall–Kier alpha value is -1.92. The maximum Gasteiger partial charge on any atom is 0.358 e. The molecule has 0 aromatic carbocycles. The van der Waals surface area contributed by atoms with Crippen LogP contribution in [0.3, 0.4) is 0 Å². The van der Waals surface area contributed by atoms with Gasteiger partial charge in [-0.15, -0.1) is 0 Å². The van der Waals surface area contributed by atoms with Crippen molar-refractivity contribution in [1.29, 1.82) is 0 Å². The van der Waals surface area contributed by atoms with Crippen molar-refractivity contribution in [1.82, 2.24) is 4.98 Å². The average Bonchev–Trinajstić information content (AvgIpc) is 2.26. The minimum absolute atomic E-state index is 0.167. The summed E-state index contributed by atoms with van der Waals surface area (Å²) in [5.41, 5.74) is 4.08. The topological polar surface area (TPSA) is 74.4 Å². The van der Waals surface area contributed by atoms with Crippen molar-refractivity contribution in [3.8, 4) is 5.75 Å². The number of nitrogen functional groups attached to an aromatic ring is 1. The van der Waals surface area contributed by atoms with Crippen LogP contribution in [0.2, 0.25) is 0 Å². The maximum atomic E-state index is 12.7. The highest BCUT2D eigenvalue weighted by Gasteiger charge is 2.24. The molecule has 1 aromatic heterocycles. The third-order valence-corrected chi connectivity index (χ3v) is 1.94. The standard InChI is InChI=1S/C9H10F2N2O3/c1-15-4-3-13-7(9(14)16-2)6(12)5(4)8(10)11/h3,8H,12H2,1-2H3. The molecule has 1 rings (SSSR count). The van der Waals surface area contributed by atoms with Crippen LogP contribution in [0.25, 0.3) is 0 Å². The zero-order valence-corrected chi connectivity index (χ0v) is 8.66. The smallest absolute Gasteiger partial charge is 0.358 e. The van der Waals surface area contributed by atoms with Crippen LogP contribution in [0.5, 0.6) is 5.75 Å². The van der Waals surface area contributed by atoms with E-state index in [1.807, 2.05) is 0 Å². The Kier molecular flexibility index (Phi) is 3.60. The van der Waals surface area contributed by atoms with Gasteiger partial charge in [-0.1, -0.05) is 0 Å². The predicted molar refractivity (Wildman–Crippen MR) is 51.5 cm³/mol. The highest BCUT2D eigenvalue weighted by atomic mass is 19.3. The average molecular weight is 232 g/mol. The molecule has 5 nitrogen and oxygen atoms in total. The quantitative estimate of drug-likeness (QED) is 0.797. The van der Waals surface area contributed by atoms with Crippen molar-refractivity contribution in [2.45, 2.75) is 6.43 Å². The zero-order valence-electron chi connectivity index (χ0n) is 8.66. The minimum atomic E-state index is -2.86. The van der Waals surface area contributed by atoms with Gasteiger partial charge in [0.15, 0.2) is 5.69 Å². The van der Waals surface area contributed by atoms with Crippen LogP contribution in [0, 0.1) is 0 Å². The van der Waals surface area contributed by atoms with Crippen LogP contribution < -0.4 is 10.5 Å². The number of aromatic nitrogens is 1. The Morgan fingerprint density at radius 3 is 2.56 bits per heavy atom. The van der Waals surface area contributed by atoms with Crippen LogP contribution in [0.4, 0.5) is 14.5 Å². The summed E-state index contributed by atoms with van der Waals surface area (Å²) in [4.78, 5) is 14.8. The number of nitrogens with two attached hydrogens (primary N) is 1. The maximum absolute atomic E-state index is 12.7. The van der Waals surface area contributed by atoms with E-state index < -0.39 is 23.6 Å². The Morgan fingerprint density at radius 1 is 1.50 bits per heavy atom. The number of pyridine rings is 1. The second-order valence-corrected chi connectivity index (χ2v) is 2.79. The zero-order chi connectivity index (χ0) is 12.3. The molecule has 0 saturated carbocycles. The first-order valence-corrected chi connectivity index (χ1v) is 4.21. The molecule has 0 fully saturated rings. The van der Waals surface area contributed by atoms with Gasteiger partial charge in [-0.05, 0) is 0 Å². The number of hydrogen-bond acceptors (Lipinski definition) is 5. The molecular weight excluding hydrogens is 222 g/mol. The summed E-state index contributed by atoms with van der Waals surface area (Å²) in [5.74, 6) is -1.04. The highest BCUT2D eigenvalue weighted by Crippen LogP contribution is 2.34. The van der Waals surface area contributed by atoms with Crippen molar-refractivity contribution in [3.63, 3.8) is 0 Å². The van der Waals surface area contributed by atoms with Crippen LogP contribution in [0.1, 0.15) is 22.5 Å². The molecule has 0 saturated heterocycles. The molecule has 0 atom stereocenters. The van der Waals surface area contributed by atoms with Gasteiger partial charge in [0.05, 0.1) is 31.7 Å². The van der Waals surface area contributed by atoms with Gasteiger partial charge in [0, 0.05) is 0 Å². The molecule has 0 bridgehead atoms. The van der Waals surface area contributed by atoms with Crippen molar-refractivity contribution in [3.05, 3.63) is 17.5 Å². The largest absolute Gasteiger partial charge is 0.495 e. The fourth-order valence-electron chi connectivity index (χ4n) is 1.17. The van der Waals surface area contributed by atoms with Crippen molar-refractivity contribution in [2.75, 3.05) is 20.0 Å². The molecule has 2 N–H and O–H groups in total. The molecule has 16 heavy (non-hydrogen) atoms. The van der Waals surface area contributed by atoms with E-state index in [1.165, 1.54) is 7.11 Å². The summed E-state index contributed by atoms with van der Waals surface area (Å²) in [7, 11) is 2.32. The number of carbonyl (C=O) groups is 1. The molecule has 0 radical (unpaired) electrons. The summed E-state index contributed by atoms with van der Waals surface area (Å²) < 4.78 is 34.4. The van der Waals surface area contributed by atoms with E-state index in [9.17, 15) is 13.6 Å².